The predicted molar refractivity (Wildman–Crippen MR) is 110 cm³/mol. The summed E-state index contributed by atoms with van der Waals surface area (Å²) >= 11 is 0. The summed E-state index contributed by atoms with van der Waals surface area (Å²) in [6.07, 6.45) is 7.79. The number of hydrogen-bond acceptors (Lipinski definition) is 4. The van der Waals surface area contributed by atoms with Gasteiger partial charge in [0.25, 0.3) is 0 Å². The molecule has 1 saturated heterocycles. The van der Waals surface area contributed by atoms with Crippen LogP contribution in [0.3, 0.4) is 0 Å². The normalized spacial score (nSPS) is 19.1. The summed E-state index contributed by atoms with van der Waals surface area (Å²) in [5.41, 5.74) is 0.440. The van der Waals surface area contributed by atoms with Gasteiger partial charge in [0.2, 0.25) is 15.9 Å². The van der Waals surface area contributed by atoms with Crippen molar-refractivity contribution in [3.63, 3.8) is 0 Å². The third kappa shape index (κ3) is 5.26. The lowest BCUT2D eigenvalue weighted by atomic mass is 10.0. The van der Waals surface area contributed by atoms with Gasteiger partial charge in [0, 0.05) is 19.5 Å². The highest BCUT2D eigenvalue weighted by Crippen LogP contribution is 2.32. The molecule has 0 aromatic heterocycles. The Morgan fingerprint density at radius 3 is 2.46 bits per heavy atom. The zero-order valence-corrected chi connectivity index (χ0v) is 17.8. The molecule has 28 heavy (non-hydrogen) atoms. The van der Waals surface area contributed by atoms with Crippen LogP contribution >= 0.6 is 0 Å². The molecule has 1 amide bonds. The van der Waals surface area contributed by atoms with Crippen LogP contribution in [0, 0.1) is 5.92 Å². The second kappa shape index (κ2) is 9.27. The minimum atomic E-state index is -3.56. The molecule has 2 fully saturated rings. The highest BCUT2D eigenvalue weighted by molar-refractivity contribution is 7.89. The maximum Gasteiger partial charge on any atom is 0.243 e. The maximum absolute atomic E-state index is 13.0. The number of benzene rings is 1. The summed E-state index contributed by atoms with van der Waals surface area (Å²) in [6, 6.07) is 4.78. The molecule has 0 unspecified atom stereocenters. The first-order chi connectivity index (χ1) is 13.4. The lowest BCUT2D eigenvalue weighted by Crippen LogP contribution is -2.35. The average Bonchev–Trinajstić information content (AvgIpc) is 3.16. The van der Waals surface area contributed by atoms with E-state index in [0.717, 1.165) is 32.1 Å². The number of sulfonamides is 1. The monoisotopic (exact) mass is 408 g/mol. The SMILES string of the molecule is CC(C)Oc1ccc(S(=O)(=O)N2CCCCC2)cc1NC(=O)CC1CCCC1. The Kier molecular flexibility index (Phi) is 6.99. The molecule has 1 heterocycles. The Morgan fingerprint density at radius 1 is 1.14 bits per heavy atom. The smallest absolute Gasteiger partial charge is 0.243 e. The van der Waals surface area contributed by atoms with Crippen LogP contribution in [0.15, 0.2) is 23.1 Å². The molecule has 0 radical (unpaired) electrons. The summed E-state index contributed by atoms with van der Waals surface area (Å²) in [5.74, 6) is 0.857. The van der Waals surface area contributed by atoms with Crippen LogP contribution in [0.4, 0.5) is 5.69 Å². The lowest BCUT2D eigenvalue weighted by molar-refractivity contribution is -0.117. The third-order valence-corrected chi connectivity index (χ3v) is 7.38. The van der Waals surface area contributed by atoms with Crippen LogP contribution in [0.25, 0.3) is 0 Å². The Bertz CT molecular complexity index is 780. The number of hydrogen-bond donors (Lipinski definition) is 1. The van der Waals surface area contributed by atoms with E-state index < -0.39 is 10.0 Å². The Labute approximate surface area is 168 Å². The van der Waals surface area contributed by atoms with Gasteiger partial charge >= 0.3 is 0 Å². The average molecular weight is 409 g/mol. The molecule has 1 N–H and O–H groups in total. The number of carbonyl (C=O) groups is 1. The molecule has 3 rings (SSSR count). The van der Waals surface area contributed by atoms with Crippen molar-refractivity contribution in [2.75, 3.05) is 18.4 Å². The van der Waals surface area contributed by atoms with Gasteiger partial charge in [-0.25, -0.2) is 8.42 Å². The zero-order valence-electron chi connectivity index (χ0n) is 16.9. The molecule has 1 aliphatic heterocycles. The maximum atomic E-state index is 13.0. The summed E-state index contributed by atoms with van der Waals surface area (Å²) in [6.45, 7) is 4.91. The quantitative estimate of drug-likeness (QED) is 0.735. The van der Waals surface area contributed by atoms with Gasteiger partial charge in [-0.2, -0.15) is 4.31 Å². The molecular weight excluding hydrogens is 376 g/mol. The fourth-order valence-electron chi connectivity index (χ4n) is 4.06. The number of nitrogens with zero attached hydrogens (tertiary/aromatic N) is 1. The molecule has 0 bridgehead atoms. The van der Waals surface area contributed by atoms with Gasteiger partial charge in [-0.3, -0.25) is 4.79 Å². The van der Waals surface area contributed by atoms with Crippen molar-refractivity contribution >= 4 is 21.6 Å². The van der Waals surface area contributed by atoms with E-state index in [1.165, 1.54) is 12.8 Å². The number of anilines is 1. The summed E-state index contributed by atoms with van der Waals surface area (Å²) in [7, 11) is -3.56. The van der Waals surface area contributed by atoms with E-state index >= 15 is 0 Å². The van der Waals surface area contributed by atoms with Crippen LogP contribution in [0.1, 0.15) is 65.2 Å². The first-order valence-corrected chi connectivity index (χ1v) is 11.9. The molecule has 0 spiro atoms. The standard InChI is InChI=1S/C21H32N2O4S/c1-16(2)27-20-11-10-18(28(25,26)23-12-6-3-7-13-23)15-19(20)22-21(24)14-17-8-4-5-9-17/h10-11,15-17H,3-9,12-14H2,1-2H3,(H,22,24). The van der Waals surface area contributed by atoms with Crippen molar-refractivity contribution < 1.29 is 17.9 Å². The van der Waals surface area contributed by atoms with Gasteiger partial charge in [0.1, 0.15) is 5.75 Å². The van der Waals surface area contributed by atoms with Crippen LogP contribution in [-0.2, 0) is 14.8 Å². The van der Waals surface area contributed by atoms with Crippen molar-refractivity contribution in [2.45, 2.75) is 76.2 Å². The van der Waals surface area contributed by atoms with Gasteiger partial charge in [-0.15, -0.1) is 0 Å². The number of ether oxygens (including phenoxy) is 1. The molecule has 1 aromatic carbocycles. The molecule has 1 aromatic rings. The van der Waals surface area contributed by atoms with Crippen LogP contribution in [-0.4, -0.2) is 37.8 Å². The fraction of sp³-hybridized carbons (Fsp3) is 0.667. The molecule has 156 valence electrons. The number of piperidine rings is 1. The van der Waals surface area contributed by atoms with E-state index in [4.69, 9.17) is 4.74 Å². The van der Waals surface area contributed by atoms with Crippen molar-refractivity contribution in [2.24, 2.45) is 5.92 Å². The van der Waals surface area contributed by atoms with Crippen molar-refractivity contribution in [1.29, 1.82) is 0 Å². The van der Waals surface area contributed by atoms with Crippen molar-refractivity contribution in [1.82, 2.24) is 4.31 Å². The van der Waals surface area contributed by atoms with Crippen LogP contribution < -0.4 is 10.1 Å². The summed E-state index contributed by atoms with van der Waals surface area (Å²) in [4.78, 5) is 12.8. The van der Waals surface area contributed by atoms with Gasteiger partial charge in [0.15, 0.2) is 0 Å². The molecule has 6 nitrogen and oxygen atoms in total. The van der Waals surface area contributed by atoms with E-state index in [9.17, 15) is 13.2 Å². The van der Waals surface area contributed by atoms with Crippen LogP contribution in [0.2, 0.25) is 0 Å². The first-order valence-electron chi connectivity index (χ1n) is 10.5. The highest BCUT2D eigenvalue weighted by atomic mass is 32.2. The van der Waals surface area contributed by atoms with E-state index in [0.29, 0.717) is 36.9 Å². The number of amides is 1. The Balaban J connectivity index is 1.82. The molecule has 1 aliphatic carbocycles. The third-order valence-electron chi connectivity index (χ3n) is 5.49. The Morgan fingerprint density at radius 2 is 1.82 bits per heavy atom. The fourth-order valence-corrected chi connectivity index (χ4v) is 5.60. The zero-order chi connectivity index (χ0) is 20.1. The lowest BCUT2D eigenvalue weighted by Gasteiger charge is -2.26. The highest BCUT2D eigenvalue weighted by Gasteiger charge is 2.27. The summed E-state index contributed by atoms with van der Waals surface area (Å²) < 4.78 is 33.4. The second-order valence-electron chi connectivity index (χ2n) is 8.19. The van der Waals surface area contributed by atoms with E-state index in [-0.39, 0.29) is 16.9 Å². The van der Waals surface area contributed by atoms with Gasteiger partial charge in [-0.1, -0.05) is 19.3 Å². The van der Waals surface area contributed by atoms with Crippen LogP contribution in [0.5, 0.6) is 5.75 Å². The minimum Gasteiger partial charge on any atom is -0.489 e. The largest absolute Gasteiger partial charge is 0.489 e. The van der Waals surface area contributed by atoms with E-state index in [1.54, 1.807) is 22.5 Å². The van der Waals surface area contributed by atoms with Crippen molar-refractivity contribution in [3.05, 3.63) is 18.2 Å². The number of nitrogens with one attached hydrogen (secondary N) is 1. The van der Waals surface area contributed by atoms with E-state index in [2.05, 4.69) is 5.32 Å². The second-order valence-corrected chi connectivity index (χ2v) is 10.1. The van der Waals surface area contributed by atoms with Crippen molar-refractivity contribution in [3.8, 4) is 5.75 Å². The topological polar surface area (TPSA) is 75.7 Å². The van der Waals surface area contributed by atoms with Gasteiger partial charge in [0.05, 0.1) is 16.7 Å². The predicted octanol–water partition coefficient (Wildman–Crippen LogP) is 4.17. The minimum absolute atomic E-state index is 0.0740. The molecule has 0 atom stereocenters. The number of carbonyl (C=O) groups excluding carboxylic acids is 1. The first kappa shape index (κ1) is 21.1. The molecule has 7 heteroatoms. The molecular formula is C21H32N2O4S. The number of rotatable bonds is 7. The Hall–Kier alpha value is -1.60. The van der Waals surface area contributed by atoms with Gasteiger partial charge < -0.3 is 10.1 Å². The molecule has 1 saturated carbocycles. The summed E-state index contributed by atoms with van der Waals surface area (Å²) in [5, 5.41) is 2.91. The van der Waals surface area contributed by atoms with E-state index in [1.807, 2.05) is 13.8 Å². The molecule has 2 aliphatic rings. The van der Waals surface area contributed by atoms with Gasteiger partial charge in [-0.05, 0) is 63.6 Å².